The number of benzene rings is 1. The molecule has 0 radical (unpaired) electrons. The van der Waals surface area contributed by atoms with Gasteiger partial charge in [-0.2, -0.15) is 4.98 Å². The van der Waals surface area contributed by atoms with Crippen molar-refractivity contribution in [2.45, 2.75) is 31.3 Å². The summed E-state index contributed by atoms with van der Waals surface area (Å²) in [7, 11) is 0. The molecule has 2 aromatic rings. The fourth-order valence-corrected chi connectivity index (χ4v) is 2.58. The molecule has 0 bridgehead atoms. The predicted molar refractivity (Wildman–Crippen MR) is 72.9 cm³/mol. The largest absolute Gasteiger partial charge is 0.478 e. The van der Waals surface area contributed by atoms with E-state index in [0.29, 0.717) is 23.7 Å². The number of hydrogen-bond acceptors (Lipinski definition) is 5. The number of aliphatic hydroxyl groups is 1. The van der Waals surface area contributed by atoms with Crippen molar-refractivity contribution in [3.8, 4) is 0 Å². The van der Waals surface area contributed by atoms with Crippen molar-refractivity contribution in [2.75, 3.05) is 11.9 Å². The Labute approximate surface area is 115 Å². The lowest BCUT2D eigenvalue weighted by molar-refractivity contribution is 0.0609. The zero-order chi connectivity index (χ0) is 14.2. The number of aromatic carboxylic acids is 1. The molecular formula is C14H16N2O4. The molecule has 1 aliphatic rings. The van der Waals surface area contributed by atoms with E-state index in [1.54, 1.807) is 6.07 Å². The molecular weight excluding hydrogens is 260 g/mol. The van der Waals surface area contributed by atoms with Crippen molar-refractivity contribution in [3.63, 3.8) is 0 Å². The highest BCUT2D eigenvalue weighted by molar-refractivity contribution is 5.92. The highest BCUT2D eigenvalue weighted by Gasteiger charge is 2.31. The van der Waals surface area contributed by atoms with Crippen LogP contribution in [0.4, 0.5) is 6.01 Å². The smallest absolute Gasteiger partial charge is 0.335 e. The standard InChI is InChI=1S/C14H16N2O4/c17-12(18)9-3-4-10-11(7-9)20-13(16-10)15-8-14(19)5-1-2-6-14/h3-4,7,19H,1-2,5-6,8H2,(H,15,16)(H,17,18). The first kappa shape index (κ1) is 12.9. The van der Waals surface area contributed by atoms with Gasteiger partial charge in [-0.1, -0.05) is 12.8 Å². The van der Waals surface area contributed by atoms with Crippen LogP contribution in [-0.4, -0.2) is 33.3 Å². The molecule has 106 valence electrons. The topological polar surface area (TPSA) is 95.6 Å². The van der Waals surface area contributed by atoms with Gasteiger partial charge in [-0.3, -0.25) is 0 Å². The molecule has 0 unspecified atom stereocenters. The van der Waals surface area contributed by atoms with E-state index >= 15 is 0 Å². The van der Waals surface area contributed by atoms with Gasteiger partial charge < -0.3 is 19.9 Å². The zero-order valence-electron chi connectivity index (χ0n) is 10.9. The third-order valence-electron chi connectivity index (χ3n) is 3.74. The molecule has 1 saturated carbocycles. The Balaban J connectivity index is 1.77. The third-order valence-corrected chi connectivity index (χ3v) is 3.74. The Hall–Kier alpha value is -2.08. The third kappa shape index (κ3) is 2.46. The minimum absolute atomic E-state index is 0.162. The van der Waals surface area contributed by atoms with E-state index in [-0.39, 0.29) is 5.56 Å². The molecule has 0 spiro atoms. The van der Waals surface area contributed by atoms with Crippen molar-refractivity contribution in [1.82, 2.24) is 4.98 Å². The van der Waals surface area contributed by atoms with Gasteiger partial charge in [-0.15, -0.1) is 0 Å². The summed E-state index contributed by atoms with van der Waals surface area (Å²) < 4.78 is 5.47. The average Bonchev–Trinajstić information content (AvgIpc) is 3.01. The maximum Gasteiger partial charge on any atom is 0.335 e. The number of aromatic nitrogens is 1. The van der Waals surface area contributed by atoms with Crippen molar-refractivity contribution in [2.24, 2.45) is 0 Å². The summed E-state index contributed by atoms with van der Waals surface area (Å²) in [5.41, 5.74) is 0.490. The van der Waals surface area contributed by atoms with Gasteiger partial charge in [0.2, 0.25) is 0 Å². The van der Waals surface area contributed by atoms with Crippen LogP contribution in [0.2, 0.25) is 0 Å². The van der Waals surface area contributed by atoms with E-state index in [4.69, 9.17) is 9.52 Å². The fourth-order valence-electron chi connectivity index (χ4n) is 2.58. The van der Waals surface area contributed by atoms with Crippen LogP contribution < -0.4 is 5.32 Å². The van der Waals surface area contributed by atoms with E-state index in [1.807, 2.05) is 0 Å². The monoisotopic (exact) mass is 276 g/mol. The maximum absolute atomic E-state index is 10.9. The van der Waals surface area contributed by atoms with E-state index in [0.717, 1.165) is 25.7 Å². The molecule has 1 aromatic heterocycles. The van der Waals surface area contributed by atoms with Gasteiger partial charge in [0.25, 0.3) is 6.01 Å². The van der Waals surface area contributed by atoms with Crippen molar-refractivity contribution < 1.29 is 19.4 Å². The number of carboxylic acid groups (broad SMARTS) is 1. The quantitative estimate of drug-likeness (QED) is 0.792. The van der Waals surface area contributed by atoms with Crippen molar-refractivity contribution in [3.05, 3.63) is 23.8 Å². The van der Waals surface area contributed by atoms with Gasteiger partial charge in [0.05, 0.1) is 11.2 Å². The molecule has 6 heteroatoms. The van der Waals surface area contributed by atoms with Crippen LogP contribution in [0.3, 0.4) is 0 Å². The predicted octanol–water partition coefficient (Wildman–Crippen LogP) is 2.24. The summed E-state index contributed by atoms with van der Waals surface area (Å²) >= 11 is 0. The summed E-state index contributed by atoms with van der Waals surface area (Å²) in [6, 6.07) is 4.85. The fraction of sp³-hybridized carbons (Fsp3) is 0.429. The summed E-state index contributed by atoms with van der Waals surface area (Å²) in [4.78, 5) is 15.1. The highest BCUT2D eigenvalue weighted by Crippen LogP contribution is 2.30. The number of fused-ring (bicyclic) bond motifs is 1. The SMILES string of the molecule is O=C(O)c1ccc2nc(NCC3(O)CCCC3)oc2c1. The Morgan fingerprint density at radius 1 is 1.40 bits per heavy atom. The number of oxazole rings is 1. The molecule has 0 atom stereocenters. The van der Waals surface area contributed by atoms with Crippen LogP contribution >= 0.6 is 0 Å². The molecule has 20 heavy (non-hydrogen) atoms. The first-order valence-corrected chi connectivity index (χ1v) is 6.66. The number of hydrogen-bond donors (Lipinski definition) is 3. The molecule has 1 aliphatic carbocycles. The average molecular weight is 276 g/mol. The second-order valence-electron chi connectivity index (χ2n) is 5.29. The molecule has 0 saturated heterocycles. The molecule has 0 amide bonds. The van der Waals surface area contributed by atoms with E-state index < -0.39 is 11.6 Å². The molecule has 1 fully saturated rings. The Morgan fingerprint density at radius 3 is 2.85 bits per heavy atom. The molecule has 1 aromatic carbocycles. The number of nitrogens with one attached hydrogen (secondary N) is 1. The molecule has 6 nitrogen and oxygen atoms in total. The van der Waals surface area contributed by atoms with Gasteiger partial charge in [0, 0.05) is 6.54 Å². The summed E-state index contributed by atoms with van der Waals surface area (Å²) in [6.07, 6.45) is 3.63. The first-order chi connectivity index (χ1) is 9.56. The van der Waals surface area contributed by atoms with Crippen LogP contribution in [0.5, 0.6) is 0 Å². The van der Waals surface area contributed by atoms with Crippen LogP contribution in [0, 0.1) is 0 Å². The van der Waals surface area contributed by atoms with E-state index in [2.05, 4.69) is 10.3 Å². The van der Waals surface area contributed by atoms with Crippen LogP contribution in [0.25, 0.3) is 11.1 Å². The summed E-state index contributed by atoms with van der Waals surface area (Å²) in [5, 5.41) is 22.1. The number of nitrogens with zero attached hydrogens (tertiary/aromatic N) is 1. The summed E-state index contributed by atoms with van der Waals surface area (Å²) in [6.45, 7) is 0.394. The van der Waals surface area contributed by atoms with Gasteiger partial charge in [-0.25, -0.2) is 4.79 Å². The first-order valence-electron chi connectivity index (χ1n) is 6.66. The number of anilines is 1. The number of carboxylic acids is 1. The van der Waals surface area contributed by atoms with Gasteiger partial charge in [0.15, 0.2) is 5.58 Å². The van der Waals surface area contributed by atoms with Gasteiger partial charge >= 0.3 is 5.97 Å². The lowest BCUT2D eigenvalue weighted by Crippen LogP contribution is -2.33. The number of rotatable bonds is 4. The zero-order valence-corrected chi connectivity index (χ0v) is 10.9. The molecule has 1 heterocycles. The number of carbonyl (C=O) groups is 1. The lowest BCUT2D eigenvalue weighted by Gasteiger charge is -2.21. The maximum atomic E-state index is 10.9. The minimum atomic E-state index is -1.00. The Kier molecular flexibility index (Phi) is 3.10. The van der Waals surface area contributed by atoms with Crippen molar-refractivity contribution in [1.29, 1.82) is 0 Å². The van der Waals surface area contributed by atoms with Crippen LogP contribution in [0.15, 0.2) is 22.6 Å². The Morgan fingerprint density at radius 2 is 2.15 bits per heavy atom. The van der Waals surface area contributed by atoms with Gasteiger partial charge in [-0.05, 0) is 31.0 Å². The second kappa shape index (κ2) is 4.79. The normalized spacial score (nSPS) is 17.4. The molecule has 3 N–H and O–H groups in total. The second-order valence-corrected chi connectivity index (χ2v) is 5.29. The minimum Gasteiger partial charge on any atom is -0.478 e. The molecule has 3 rings (SSSR count). The highest BCUT2D eigenvalue weighted by atomic mass is 16.4. The van der Waals surface area contributed by atoms with E-state index in [1.165, 1.54) is 12.1 Å². The van der Waals surface area contributed by atoms with Gasteiger partial charge in [0.1, 0.15) is 5.52 Å². The summed E-state index contributed by atoms with van der Waals surface area (Å²) in [5.74, 6) is -1.00. The van der Waals surface area contributed by atoms with E-state index in [9.17, 15) is 9.90 Å². The lowest BCUT2D eigenvalue weighted by atomic mass is 10.0. The molecule has 0 aliphatic heterocycles. The van der Waals surface area contributed by atoms with Crippen molar-refractivity contribution >= 4 is 23.1 Å². The Bertz CT molecular complexity index is 644. The van der Waals surface area contributed by atoms with Crippen LogP contribution in [0.1, 0.15) is 36.0 Å². The van der Waals surface area contributed by atoms with Crippen LogP contribution in [-0.2, 0) is 0 Å².